The van der Waals surface area contributed by atoms with E-state index in [2.05, 4.69) is 5.32 Å². The van der Waals surface area contributed by atoms with Gasteiger partial charge in [-0.1, -0.05) is 13.3 Å². The van der Waals surface area contributed by atoms with Gasteiger partial charge in [0.25, 0.3) is 5.91 Å². The van der Waals surface area contributed by atoms with Gasteiger partial charge in [0.1, 0.15) is 11.3 Å². The maximum Gasteiger partial charge on any atom is 0.375 e. The van der Waals surface area contributed by atoms with E-state index in [4.69, 9.17) is 13.9 Å². The molecule has 0 fully saturated rings. The number of amides is 1. The summed E-state index contributed by atoms with van der Waals surface area (Å²) in [7, 11) is 0. The van der Waals surface area contributed by atoms with E-state index in [0.717, 1.165) is 18.2 Å². The summed E-state index contributed by atoms with van der Waals surface area (Å²) in [6, 6.07) is 5.42. The molecule has 25 heavy (non-hydrogen) atoms. The summed E-state index contributed by atoms with van der Waals surface area (Å²) in [4.78, 5) is 24.0. The van der Waals surface area contributed by atoms with E-state index in [9.17, 15) is 9.59 Å². The second-order valence-electron chi connectivity index (χ2n) is 5.98. The average molecular weight is 347 g/mol. The van der Waals surface area contributed by atoms with E-state index in [1.165, 1.54) is 0 Å². The topological polar surface area (TPSA) is 77.8 Å². The zero-order valence-electron chi connectivity index (χ0n) is 15.2. The van der Waals surface area contributed by atoms with Gasteiger partial charge < -0.3 is 19.2 Å². The highest BCUT2D eigenvalue weighted by Crippen LogP contribution is 2.29. The molecule has 0 unspecified atom stereocenters. The number of esters is 1. The van der Waals surface area contributed by atoms with Crippen LogP contribution in [-0.2, 0) is 9.53 Å². The standard InChI is InChI=1S/C19H25NO5/c1-5-7-12(3)20-17(21)11-24-19(22)18-13(4)15-10-14(23-6-2)8-9-16(15)25-18/h8-10,12H,5-7,11H2,1-4H3,(H,20,21)/t12-/m0/s1. The number of carbonyl (C=O) groups is 2. The highest BCUT2D eigenvalue weighted by molar-refractivity contribution is 5.97. The molecule has 0 saturated heterocycles. The number of rotatable bonds is 8. The fraction of sp³-hybridized carbons (Fsp3) is 0.474. The lowest BCUT2D eigenvalue weighted by Crippen LogP contribution is -2.35. The molecule has 0 radical (unpaired) electrons. The van der Waals surface area contributed by atoms with Crippen LogP contribution in [0.15, 0.2) is 22.6 Å². The molecule has 0 aliphatic heterocycles. The number of carbonyl (C=O) groups excluding carboxylic acids is 2. The summed E-state index contributed by atoms with van der Waals surface area (Å²) in [5, 5.41) is 3.58. The lowest BCUT2D eigenvalue weighted by Gasteiger charge is -2.12. The number of ether oxygens (including phenoxy) is 2. The highest BCUT2D eigenvalue weighted by atomic mass is 16.5. The van der Waals surface area contributed by atoms with Gasteiger partial charge in [-0.15, -0.1) is 0 Å². The van der Waals surface area contributed by atoms with Gasteiger partial charge >= 0.3 is 5.97 Å². The molecule has 1 aromatic carbocycles. The molecule has 1 amide bonds. The first-order valence-electron chi connectivity index (χ1n) is 8.58. The van der Waals surface area contributed by atoms with Gasteiger partial charge in [-0.25, -0.2) is 4.79 Å². The van der Waals surface area contributed by atoms with E-state index in [1.807, 2.05) is 26.8 Å². The van der Waals surface area contributed by atoms with Crippen LogP contribution in [0.3, 0.4) is 0 Å². The smallest absolute Gasteiger partial charge is 0.375 e. The molecule has 1 atom stereocenters. The van der Waals surface area contributed by atoms with Crippen molar-refractivity contribution in [3.63, 3.8) is 0 Å². The van der Waals surface area contributed by atoms with Gasteiger partial charge in [-0.05, 0) is 45.4 Å². The molecule has 136 valence electrons. The van der Waals surface area contributed by atoms with Crippen molar-refractivity contribution < 1.29 is 23.5 Å². The summed E-state index contributed by atoms with van der Waals surface area (Å²) >= 11 is 0. The Bertz CT molecular complexity index is 750. The number of hydrogen-bond acceptors (Lipinski definition) is 5. The van der Waals surface area contributed by atoms with Crippen LogP contribution in [0, 0.1) is 6.92 Å². The zero-order chi connectivity index (χ0) is 18.4. The summed E-state index contributed by atoms with van der Waals surface area (Å²) in [6.07, 6.45) is 1.85. The maximum absolute atomic E-state index is 12.2. The molecule has 0 bridgehead atoms. The van der Waals surface area contributed by atoms with E-state index < -0.39 is 5.97 Å². The Morgan fingerprint density at radius 3 is 2.72 bits per heavy atom. The molecule has 0 saturated carbocycles. The second-order valence-corrected chi connectivity index (χ2v) is 5.98. The average Bonchev–Trinajstić information content (AvgIpc) is 2.90. The third-order valence-corrected chi connectivity index (χ3v) is 3.87. The summed E-state index contributed by atoms with van der Waals surface area (Å²) in [5.41, 5.74) is 1.25. The van der Waals surface area contributed by atoms with Crippen molar-refractivity contribution in [3.8, 4) is 5.75 Å². The number of furan rings is 1. The lowest BCUT2D eigenvalue weighted by molar-refractivity contribution is -0.124. The predicted molar refractivity (Wildman–Crippen MR) is 94.9 cm³/mol. The van der Waals surface area contributed by atoms with Crippen LogP contribution < -0.4 is 10.1 Å². The molecule has 1 aromatic heterocycles. The summed E-state index contributed by atoms with van der Waals surface area (Å²) < 4.78 is 16.1. The van der Waals surface area contributed by atoms with Gasteiger partial charge in [0.15, 0.2) is 6.61 Å². The number of fused-ring (bicyclic) bond motifs is 1. The fourth-order valence-corrected chi connectivity index (χ4v) is 2.67. The van der Waals surface area contributed by atoms with Crippen molar-refractivity contribution in [1.29, 1.82) is 0 Å². The Morgan fingerprint density at radius 1 is 1.28 bits per heavy atom. The van der Waals surface area contributed by atoms with Crippen LogP contribution >= 0.6 is 0 Å². The van der Waals surface area contributed by atoms with Crippen molar-refractivity contribution in [1.82, 2.24) is 5.32 Å². The van der Waals surface area contributed by atoms with Crippen LogP contribution in [0.1, 0.15) is 49.7 Å². The molecule has 1 N–H and O–H groups in total. The number of nitrogens with one attached hydrogen (secondary N) is 1. The van der Waals surface area contributed by atoms with Crippen LogP contribution in [0.5, 0.6) is 5.75 Å². The van der Waals surface area contributed by atoms with E-state index >= 15 is 0 Å². The van der Waals surface area contributed by atoms with Gasteiger partial charge in [-0.3, -0.25) is 4.79 Å². The molecule has 2 rings (SSSR count). The predicted octanol–water partition coefficient (Wildman–Crippen LogP) is 3.60. The Hall–Kier alpha value is -2.50. The molecule has 0 aliphatic carbocycles. The molecule has 6 heteroatoms. The summed E-state index contributed by atoms with van der Waals surface area (Å²) in [6.45, 7) is 7.88. The molecular weight excluding hydrogens is 322 g/mol. The minimum absolute atomic E-state index is 0.0566. The Kier molecular flexibility index (Phi) is 6.44. The molecule has 2 aromatic rings. The van der Waals surface area contributed by atoms with Gasteiger partial charge in [0, 0.05) is 17.0 Å². The first kappa shape index (κ1) is 18.8. The second kappa shape index (κ2) is 8.55. The number of aryl methyl sites for hydroxylation is 1. The van der Waals surface area contributed by atoms with E-state index in [-0.39, 0.29) is 24.3 Å². The van der Waals surface area contributed by atoms with Crippen molar-refractivity contribution in [2.75, 3.05) is 13.2 Å². The van der Waals surface area contributed by atoms with Gasteiger partial charge in [-0.2, -0.15) is 0 Å². The van der Waals surface area contributed by atoms with Crippen LogP contribution in [0.2, 0.25) is 0 Å². The Labute approximate surface area is 147 Å². The van der Waals surface area contributed by atoms with Crippen LogP contribution in [-0.4, -0.2) is 31.1 Å². The molecule has 1 heterocycles. The molecule has 6 nitrogen and oxygen atoms in total. The third-order valence-electron chi connectivity index (χ3n) is 3.87. The third kappa shape index (κ3) is 4.75. The quantitative estimate of drug-likeness (QED) is 0.738. The maximum atomic E-state index is 12.2. The van der Waals surface area contributed by atoms with Gasteiger partial charge in [0.05, 0.1) is 6.61 Å². The van der Waals surface area contributed by atoms with Crippen molar-refractivity contribution in [2.45, 2.75) is 46.6 Å². The normalized spacial score (nSPS) is 12.0. The minimum atomic E-state index is -0.648. The van der Waals surface area contributed by atoms with Crippen LogP contribution in [0.25, 0.3) is 11.0 Å². The first-order chi connectivity index (χ1) is 12.0. The Balaban J connectivity index is 2.04. The number of benzene rings is 1. The largest absolute Gasteiger partial charge is 0.494 e. The fourth-order valence-electron chi connectivity index (χ4n) is 2.67. The minimum Gasteiger partial charge on any atom is -0.494 e. The van der Waals surface area contributed by atoms with Crippen LogP contribution in [0.4, 0.5) is 0 Å². The highest BCUT2D eigenvalue weighted by Gasteiger charge is 2.20. The first-order valence-corrected chi connectivity index (χ1v) is 8.58. The summed E-state index contributed by atoms with van der Waals surface area (Å²) in [5.74, 6) is -0.146. The van der Waals surface area contributed by atoms with Crippen molar-refractivity contribution in [2.24, 2.45) is 0 Å². The van der Waals surface area contributed by atoms with Crippen molar-refractivity contribution >= 4 is 22.8 Å². The monoisotopic (exact) mass is 347 g/mol. The molecular formula is C19H25NO5. The zero-order valence-corrected chi connectivity index (χ0v) is 15.2. The van der Waals surface area contributed by atoms with Gasteiger partial charge in [0.2, 0.25) is 5.76 Å². The van der Waals surface area contributed by atoms with E-state index in [0.29, 0.717) is 23.5 Å². The van der Waals surface area contributed by atoms with Crippen molar-refractivity contribution in [3.05, 3.63) is 29.5 Å². The molecule has 0 spiro atoms. The number of hydrogen-bond donors (Lipinski definition) is 1. The Morgan fingerprint density at radius 2 is 2.04 bits per heavy atom. The molecule has 0 aliphatic rings. The lowest BCUT2D eigenvalue weighted by atomic mass is 10.1. The van der Waals surface area contributed by atoms with E-state index in [1.54, 1.807) is 19.1 Å². The SMILES string of the molecule is CCC[C@H](C)NC(=O)COC(=O)c1oc2ccc(OCC)cc2c1C.